The van der Waals surface area contributed by atoms with Crippen LogP contribution in [0.3, 0.4) is 0 Å². The number of carboxylic acids is 1. The molecule has 5 nitrogen and oxygen atoms in total. The van der Waals surface area contributed by atoms with Gasteiger partial charge in [-0.05, 0) is 6.07 Å². The van der Waals surface area contributed by atoms with Crippen molar-refractivity contribution >= 4 is 5.97 Å². The molecule has 0 spiro atoms. The molecule has 1 aromatic heterocycles. The van der Waals surface area contributed by atoms with Crippen molar-refractivity contribution in [2.75, 3.05) is 6.54 Å². The topological polar surface area (TPSA) is 71.5 Å². The fourth-order valence-corrected chi connectivity index (χ4v) is 1.57. The number of aromatic nitrogens is 1. The number of aliphatic carboxylic acids is 1. The van der Waals surface area contributed by atoms with Crippen LogP contribution in [-0.2, 0) is 4.79 Å². The SMILES string of the molecule is O=C(O)C1CC(Oc2ccccn2)CN1. The van der Waals surface area contributed by atoms with E-state index in [4.69, 9.17) is 9.84 Å². The molecule has 2 unspecified atom stereocenters. The molecule has 15 heavy (non-hydrogen) atoms. The lowest BCUT2D eigenvalue weighted by atomic mass is 10.2. The van der Waals surface area contributed by atoms with Crippen LogP contribution in [-0.4, -0.2) is 34.8 Å². The Kier molecular flexibility index (Phi) is 2.82. The molecule has 5 heteroatoms. The van der Waals surface area contributed by atoms with Crippen molar-refractivity contribution in [1.82, 2.24) is 10.3 Å². The summed E-state index contributed by atoms with van der Waals surface area (Å²) in [7, 11) is 0. The smallest absolute Gasteiger partial charge is 0.320 e. The molecule has 0 saturated carbocycles. The Morgan fingerprint density at radius 1 is 1.60 bits per heavy atom. The highest BCUT2D eigenvalue weighted by Gasteiger charge is 2.30. The number of hydrogen-bond acceptors (Lipinski definition) is 4. The maximum Gasteiger partial charge on any atom is 0.320 e. The molecule has 2 rings (SSSR count). The van der Waals surface area contributed by atoms with Crippen molar-refractivity contribution < 1.29 is 14.6 Å². The van der Waals surface area contributed by atoms with Gasteiger partial charge in [0, 0.05) is 25.2 Å². The minimum absolute atomic E-state index is 0.110. The van der Waals surface area contributed by atoms with E-state index in [0.29, 0.717) is 18.8 Å². The minimum Gasteiger partial charge on any atom is -0.480 e. The summed E-state index contributed by atoms with van der Waals surface area (Å²) in [6.07, 6.45) is 2.01. The number of nitrogens with one attached hydrogen (secondary N) is 1. The zero-order valence-corrected chi connectivity index (χ0v) is 8.09. The first-order valence-corrected chi connectivity index (χ1v) is 4.79. The molecule has 2 heterocycles. The van der Waals surface area contributed by atoms with Crippen molar-refractivity contribution in [1.29, 1.82) is 0 Å². The van der Waals surface area contributed by atoms with E-state index < -0.39 is 12.0 Å². The highest BCUT2D eigenvalue weighted by atomic mass is 16.5. The van der Waals surface area contributed by atoms with E-state index in [1.165, 1.54) is 0 Å². The van der Waals surface area contributed by atoms with Crippen LogP contribution in [0.5, 0.6) is 5.88 Å². The first-order valence-electron chi connectivity index (χ1n) is 4.79. The van der Waals surface area contributed by atoms with Crippen LogP contribution in [0.15, 0.2) is 24.4 Å². The van der Waals surface area contributed by atoms with Gasteiger partial charge in [0.15, 0.2) is 0 Å². The third kappa shape index (κ3) is 2.44. The molecule has 0 aromatic carbocycles. The molecule has 1 aliphatic rings. The normalized spacial score (nSPS) is 25.1. The second-order valence-electron chi connectivity index (χ2n) is 3.44. The Balaban J connectivity index is 1.90. The van der Waals surface area contributed by atoms with Crippen molar-refractivity contribution in [3.8, 4) is 5.88 Å². The van der Waals surface area contributed by atoms with Gasteiger partial charge in [0.1, 0.15) is 12.1 Å². The molecule has 0 aliphatic carbocycles. The summed E-state index contributed by atoms with van der Waals surface area (Å²) >= 11 is 0. The molecule has 0 amide bonds. The molecule has 80 valence electrons. The van der Waals surface area contributed by atoms with Crippen LogP contribution >= 0.6 is 0 Å². The van der Waals surface area contributed by atoms with Crippen LogP contribution < -0.4 is 10.1 Å². The third-order valence-corrected chi connectivity index (χ3v) is 2.31. The van der Waals surface area contributed by atoms with Crippen molar-refractivity contribution in [3.63, 3.8) is 0 Å². The van der Waals surface area contributed by atoms with Crippen molar-refractivity contribution in [3.05, 3.63) is 24.4 Å². The lowest BCUT2D eigenvalue weighted by Gasteiger charge is -2.10. The predicted octanol–water partition coefficient (Wildman–Crippen LogP) is 0.276. The Hall–Kier alpha value is -1.62. The molecule has 0 radical (unpaired) electrons. The van der Waals surface area contributed by atoms with Crippen molar-refractivity contribution in [2.24, 2.45) is 0 Å². The third-order valence-electron chi connectivity index (χ3n) is 2.31. The van der Waals surface area contributed by atoms with Gasteiger partial charge < -0.3 is 15.2 Å². The lowest BCUT2D eigenvalue weighted by Crippen LogP contribution is -2.30. The van der Waals surface area contributed by atoms with Gasteiger partial charge in [0.05, 0.1) is 0 Å². The quantitative estimate of drug-likeness (QED) is 0.746. The highest BCUT2D eigenvalue weighted by molar-refractivity contribution is 5.73. The van der Waals surface area contributed by atoms with E-state index >= 15 is 0 Å². The number of carbonyl (C=O) groups is 1. The maximum absolute atomic E-state index is 10.7. The Labute approximate surface area is 87.1 Å². The Morgan fingerprint density at radius 3 is 3.07 bits per heavy atom. The van der Waals surface area contributed by atoms with Gasteiger partial charge in [0.25, 0.3) is 0 Å². The monoisotopic (exact) mass is 208 g/mol. The summed E-state index contributed by atoms with van der Waals surface area (Å²) in [5, 5.41) is 11.6. The molecule has 2 atom stereocenters. The van der Waals surface area contributed by atoms with Crippen LogP contribution in [0.1, 0.15) is 6.42 Å². The molecule has 1 aromatic rings. The molecule has 1 saturated heterocycles. The minimum atomic E-state index is -0.831. The number of nitrogens with zero attached hydrogens (tertiary/aromatic N) is 1. The van der Waals surface area contributed by atoms with Gasteiger partial charge in [-0.3, -0.25) is 4.79 Å². The summed E-state index contributed by atoms with van der Waals surface area (Å²) in [6, 6.07) is 4.89. The number of ether oxygens (including phenoxy) is 1. The second kappa shape index (κ2) is 4.27. The average Bonchev–Trinajstić information content (AvgIpc) is 2.68. The molecule has 0 bridgehead atoms. The molecule has 1 aliphatic heterocycles. The molecule has 1 fully saturated rings. The van der Waals surface area contributed by atoms with Gasteiger partial charge in [-0.15, -0.1) is 0 Å². The average molecular weight is 208 g/mol. The van der Waals surface area contributed by atoms with E-state index in [2.05, 4.69) is 10.3 Å². The zero-order chi connectivity index (χ0) is 10.7. The van der Waals surface area contributed by atoms with Gasteiger partial charge in [-0.25, -0.2) is 4.98 Å². The molecule has 2 N–H and O–H groups in total. The van der Waals surface area contributed by atoms with E-state index in [9.17, 15) is 4.79 Å². The van der Waals surface area contributed by atoms with Gasteiger partial charge in [-0.2, -0.15) is 0 Å². The van der Waals surface area contributed by atoms with E-state index in [0.717, 1.165) is 0 Å². The summed E-state index contributed by atoms with van der Waals surface area (Å²) < 4.78 is 5.52. The van der Waals surface area contributed by atoms with E-state index in [1.807, 2.05) is 6.07 Å². The maximum atomic E-state index is 10.7. The zero-order valence-electron chi connectivity index (χ0n) is 8.09. The molecular formula is C10H12N2O3. The standard InChI is InChI=1S/C10H12N2O3/c13-10(14)8-5-7(6-12-8)15-9-3-1-2-4-11-9/h1-4,7-8,12H,5-6H2,(H,13,14). The summed E-state index contributed by atoms with van der Waals surface area (Å²) in [5.41, 5.74) is 0. The molecular weight excluding hydrogens is 196 g/mol. The number of carboxylic acid groups (broad SMARTS) is 1. The fourth-order valence-electron chi connectivity index (χ4n) is 1.57. The summed E-state index contributed by atoms with van der Waals surface area (Å²) in [6.45, 7) is 0.549. The van der Waals surface area contributed by atoms with Crippen molar-refractivity contribution in [2.45, 2.75) is 18.6 Å². The Bertz CT molecular complexity index is 342. The largest absolute Gasteiger partial charge is 0.480 e. The predicted molar refractivity (Wildman–Crippen MR) is 52.7 cm³/mol. The first kappa shape index (κ1) is 9.92. The van der Waals surface area contributed by atoms with Crippen LogP contribution in [0, 0.1) is 0 Å². The Morgan fingerprint density at radius 2 is 2.47 bits per heavy atom. The van der Waals surface area contributed by atoms with Crippen LogP contribution in [0.2, 0.25) is 0 Å². The van der Waals surface area contributed by atoms with E-state index in [-0.39, 0.29) is 6.10 Å². The van der Waals surface area contributed by atoms with E-state index in [1.54, 1.807) is 18.3 Å². The second-order valence-corrected chi connectivity index (χ2v) is 3.44. The number of pyridine rings is 1. The highest BCUT2D eigenvalue weighted by Crippen LogP contribution is 2.14. The number of rotatable bonds is 3. The van der Waals surface area contributed by atoms with Crippen LogP contribution in [0.4, 0.5) is 0 Å². The summed E-state index contributed by atoms with van der Waals surface area (Å²) in [5.74, 6) is -0.294. The van der Waals surface area contributed by atoms with Crippen LogP contribution in [0.25, 0.3) is 0 Å². The van der Waals surface area contributed by atoms with Gasteiger partial charge in [0.2, 0.25) is 5.88 Å². The number of hydrogen-bond donors (Lipinski definition) is 2. The lowest BCUT2D eigenvalue weighted by molar-refractivity contribution is -0.139. The summed E-state index contributed by atoms with van der Waals surface area (Å²) in [4.78, 5) is 14.7. The van der Waals surface area contributed by atoms with Gasteiger partial charge >= 0.3 is 5.97 Å². The first-order chi connectivity index (χ1) is 7.25. The fraction of sp³-hybridized carbons (Fsp3) is 0.400. The van der Waals surface area contributed by atoms with Gasteiger partial charge in [-0.1, -0.05) is 6.07 Å².